The van der Waals surface area contributed by atoms with Crippen molar-refractivity contribution in [3.05, 3.63) is 53.6 Å². The number of aryl methyl sites for hydroxylation is 1. The van der Waals surface area contributed by atoms with Gasteiger partial charge in [-0.15, -0.1) is 0 Å². The van der Waals surface area contributed by atoms with Crippen molar-refractivity contribution in [1.29, 1.82) is 0 Å². The van der Waals surface area contributed by atoms with E-state index in [1.54, 1.807) is 24.3 Å². The highest BCUT2D eigenvalue weighted by molar-refractivity contribution is 6.74. The number of phenolic OH excluding ortho intramolecular Hbond substituents is 1. The van der Waals surface area contributed by atoms with E-state index in [0.717, 1.165) is 68.2 Å². The number of unbranched alkanes of at least 4 members (excludes halogenated alkanes) is 4. The number of carboxylic acid groups (broad SMARTS) is 1. The van der Waals surface area contributed by atoms with Crippen LogP contribution in [0.2, 0.25) is 18.1 Å². The van der Waals surface area contributed by atoms with Gasteiger partial charge in [0, 0.05) is 19.4 Å². The Hall–Kier alpha value is -2.99. The maximum absolute atomic E-state index is 11.4. The Morgan fingerprint density at radius 2 is 1.53 bits per heavy atom. The number of hydrogen-bond donors (Lipinski definition) is 2. The van der Waals surface area contributed by atoms with Gasteiger partial charge in [0.15, 0.2) is 8.32 Å². The highest BCUT2D eigenvalue weighted by atomic mass is 28.4. The lowest BCUT2D eigenvalue weighted by Gasteiger charge is -2.36. The molecule has 0 saturated carbocycles. The molecule has 0 heterocycles. The molecule has 0 aliphatic rings. The minimum Gasteiger partial charge on any atom is -0.508 e. The van der Waals surface area contributed by atoms with E-state index < -0.39 is 14.3 Å². The van der Waals surface area contributed by atoms with E-state index in [1.807, 2.05) is 18.2 Å². The summed E-state index contributed by atoms with van der Waals surface area (Å²) >= 11 is 0. The number of carbonyl (C=O) groups is 1. The van der Waals surface area contributed by atoms with Crippen LogP contribution in [0.3, 0.4) is 0 Å². The molecule has 2 N–H and O–H groups in total. The number of hydrogen-bond acceptors (Lipinski definition) is 3. The van der Waals surface area contributed by atoms with Gasteiger partial charge in [0.1, 0.15) is 5.75 Å². The molecule has 192 valence electrons. The molecular weight excluding hydrogens is 464 g/mol. The lowest BCUT2D eigenvalue weighted by molar-refractivity contribution is 0.0696. The van der Waals surface area contributed by atoms with Gasteiger partial charge < -0.3 is 14.6 Å². The molecule has 5 heteroatoms. The van der Waals surface area contributed by atoms with Crippen molar-refractivity contribution < 1.29 is 19.4 Å². The van der Waals surface area contributed by atoms with Gasteiger partial charge in [0.25, 0.3) is 0 Å². The summed E-state index contributed by atoms with van der Waals surface area (Å²) in [5.41, 5.74) is 3.23. The van der Waals surface area contributed by atoms with Crippen molar-refractivity contribution in [3.8, 4) is 40.6 Å². The molecule has 2 aromatic rings. The van der Waals surface area contributed by atoms with Gasteiger partial charge in [0.05, 0.1) is 5.56 Å². The maximum atomic E-state index is 11.4. The normalized spacial score (nSPS) is 11.2. The molecule has 2 rings (SSSR count). The SMILES string of the molecule is CC(C)(C)[Si](C)(C)OCCCCC#CC#CCCCCc1cc(C(=O)O)ccc1-c1ccc(O)cc1. The largest absolute Gasteiger partial charge is 0.508 e. The molecule has 0 aliphatic carbocycles. The third kappa shape index (κ3) is 9.57. The summed E-state index contributed by atoms with van der Waals surface area (Å²) in [7, 11) is -1.65. The highest BCUT2D eigenvalue weighted by Gasteiger charge is 2.36. The van der Waals surface area contributed by atoms with Gasteiger partial charge in [-0.1, -0.05) is 50.8 Å². The van der Waals surface area contributed by atoms with Crippen LogP contribution in [0.15, 0.2) is 42.5 Å². The maximum Gasteiger partial charge on any atom is 0.335 e. The minimum atomic E-state index is -1.65. The zero-order valence-corrected chi connectivity index (χ0v) is 23.4. The molecule has 0 radical (unpaired) electrons. The first-order valence-corrected chi connectivity index (χ1v) is 15.7. The van der Waals surface area contributed by atoms with E-state index in [1.165, 1.54) is 0 Å². The first kappa shape index (κ1) is 29.2. The van der Waals surface area contributed by atoms with Crippen LogP contribution < -0.4 is 0 Å². The van der Waals surface area contributed by atoms with Gasteiger partial charge in [0.2, 0.25) is 0 Å². The van der Waals surface area contributed by atoms with Crippen LogP contribution in [0.5, 0.6) is 5.75 Å². The van der Waals surface area contributed by atoms with E-state index in [2.05, 4.69) is 57.5 Å². The number of aromatic hydroxyl groups is 1. The fraction of sp³-hybridized carbons (Fsp3) is 0.452. The molecule has 0 spiro atoms. The van der Waals surface area contributed by atoms with Gasteiger partial charge in [-0.05, 0) is 103 Å². The number of carboxylic acids is 1. The molecular formula is C31H40O4Si. The van der Waals surface area contributed by atoms with Gasteiger partial charge in [-0.25, -0.2) is 4.79 Å². The van der Waals surface area contributed by atoms with Crippen LogP contribution in [0.25, 0.3) is 11.1 Å². The third-order valence-corrected chi connectivity index (χ3v) is 11.3. The van der Waals surface area contributed by atoms with E-state index >= 15 is 0 Å². The molecule has 0 atom stereocenters. The highest BCUT2D eigenvalue weighted by Crippen LogP contribution is 2.36. The Bertz CT molecular complexity index is 1120. The van der Waals surface area contributed by atoms with Crippen LogP contribution in [0.1, 0.15) is 75.2 Å². The first-order chi connectivity index (χ1) is 17.0. The monoisotopic (exact) mass is 504 g/mol. The number of rotatable bonds is 11. The molecule has 0 amide bonds. The second-order valence-electron chi connectivity index (χ2n) is 10.6. The van der Waals surface area contributed by atoms with Gasteiger partial charge in [-0.2, -0.15) is 0 Å². The summed E-state index contributed by atoms with van der Waals surface area (Å²) < 4.78 is 6.19. The average molecular weight is 505 g/mol. The molecule has 0 saturated heterocycles. The van der Waals surface area contributed by atoms with Crippen molar-refractivity contribution in [2.75, 3.05) is 6.61 Å². The molecule has 36 heavy (non-hydrogen) atoms. The second-order valence-corrected chi connectivity index (χ2v) is 15.4. The Kier molecular flexibility index (Phi) is 11.3. The van der Waals surface area contributed by atoms with Gasteiger partial charge >= 0.3 is 5.97 Å². The molecule has 0 bridgehead atoms. The molecule has 0 aliphatic heterocycles. The van der Waals surface area contributed by atoms with E-state index in [9.17, 15) is 15.0 Å². The molecule has 0 fully saturated rings. The van der Waals surface area contributed by atoms with Crippen LogP contribution in [-0.4, -0.2) is 31.1 Å². The molecule has 0 unspecified atom stereocenters. The quantitative estimate of drug-likeness (QED) is 0.187. The number of aromatic carboxylic acids is 1. The summed E-state index contributed by atoms with van der Waals surface area (Å²) in [5, 5.41) is 19.2. The van der Waals surface area contributed by atoms with Crippen LogP contribution >= 0.6 is 0 Å². The van der Waals surface area contributed by atoms with Crippen LogP contribution in [0, 0.1) is 23.7 Å². The predicted molar refractivity (Wildman–Crippen MR) is 151 cm³/mol. The average Bonchev–Trinajstić information content (AvgIpc) is 2.81. The van der Waals surface area contributed by atoms with Crippen molar-refractivity contribution in [3.63, 3.8) is 0 Å². The number of benzene rings is 2. The molecule has 0 aromatic heterocycles. The van der Waals surface area contributed by atoms with E-state index in [-0.39, 0.29) is 16.4 Å². The van der Waals surface area contributed by atoms with Crippen molar-refractivity contribution in [1.82, 2.24) is 0 Å². The standard InChI is InChI=1S/C31H40O4Si/c1-31(2,3)36(4,5)35-23-15-13-11-9-7-6-8-10-12-14-16-26-24-27(30(33)34)19-22-29(26)25-17-20-28(32)21-18-25/h17-22,24,32H,10-16,23H2,1-5H3,(H,33,34). The third-order valence-electron chi connectivity index (χ3n) is 6.73. The fourth-order valence-electron chi connectivity index (χ4n) is 3.46. The van der Waals surface area contributed by atoms with Crippen molar-refractivity contribution in [2.45, 2.75) is 83.8 Å². The topological polar surface area (TPSA) is 66.8 Å². The summed E-state index contributed by atoms with van der Waals surface area (Å²) in [6.45, 7) is 12.2. The van der Waals surface area contributed by atoms with Crippen LogP contribution in [-0.2, 0) is 10.8 Å². The van der Waals surface area contributed by atoms with E-state index in [0.29, 0.717) is 0 Å². The Morgan fingerprint density at radius 1 is 0.917 bits per heavy atom. The Morgan fingerprint density at radius 3 is 2.11 bits per heavy atom. The van der Waals surface area contributed by atoms with Gasteiger partial charge in [-0.3, -0.25) is 0 Å². The lowest BCUT2D eigenvalue weighted by Crippen LogP contribution is -2.40. The van der Waals surface area contributed by atoms with Crippen LogP contribution in [0.4, 0.5) is 0 Å². The fourth-order valence-corrected chi connectivity index (χ4v) is 4.55. The van der Waals surface area contributed by atoms with E-state index in [4.69, 9.17) is 4.43 Å². The smallest absolute Gasteiger partial charge is 0.335 e. The zero-order chi connectivity index (χ0) is 26.6. The predicted octanol–water partition coefficient (Wildman–Crippen LogP) is 7.67. The van der Waals surface area contributed by atoms with Crippen molar-refractivity contribution >= 4 is 14.3 Å². The summed E-state index contributed by atoms with van der Waals surface area (Å²) in [5.74, 6) is 11.4. The Labute approximate surface area is 218 Å². The lowest BCUT2D eigenvalue weighted by atomic mass is 9.94. The number of phenols is 1. The second kappa shape index (κ2) is 13.9. The minimum absolute atomic E-state index is 0.208. The first-order valence-electron chi connectivity index (χ1n) is 12.8. The zero-order valence-electron chi connectivity index (χ0n) is 22.4. The molecule has 2 aromatic carbocycles. The summed E-state index contributed by atoms with van der Waals surface area (Å²) in [6, 6.07) is 12.2. The summed E-state index contributed by atoms with van der Waals surface area (Å²) in [4.78, 5) is 11.4. The molecule has 4 nitrogen and oxygen atoms in total. The van der Waals surface area contributed by atoms with Crippen molar-refractivity contribution in [2.24, 2.45) is 0 Å². The Balaban J connectivity index is 1.75. The summed E-state index contributed by atoms with van der Waals surface area (Å²) in [6.07, 6.45) is 6.27.